The van der Waals surface area contributed by atoms with E-state index in [1.54, 1.807) is 24.3 Å². The van der Waals surface area contributed by atoms with Crippen molar-refractivity contribution in [2.75, 3.05) is 11.9 Å². The Morgan fingerprint density at radius 1 is 1.16 bits per heavy atom. The fourth-order valence-corrected chi connectivity index (χ4v) is 2.94. The topological polar surface area (TPSA) is 58.2 Å². The molecule has 2 aromatic carbocycles. The minimum Gasteiger partial charge on any atom is -0.346 e. The van der Waals surface area contributed by atoms with Crippen LogP contribution in [0, 0.1) is 12.3 Å². The van der Waals surface area contributed by atoms with E-state index in [0.717, 1.165) is 5.75 Å². The molecule has 128 valence electrons. The van der Waals surface area contributed by atoms with E-state index in [9.17, 15) is 9.59 Å². The monoisotopic (exact) mass is 352 g/mol. The van der Waals surface area contributed by atoms with Crippen LogP contribution < -0.4 is 10.6 Å². The van der Waals surface area contributed by atoms with E-state index in [4.69, 9.17) is 6.42 Å². The number of nitrogens with one attached hydrogen (secondary N) is 2. The van der Waals surface area contributed by atoms with Gasteiger partial charge in [0.05, 0.1) is 11.8 Å². The molecular weight excluding hydrogens is 332 g/mol. The van der Waals surface area contributed by atoms with Crippen LogP contribution in [-0.4, -0.2) is 23.6 Å². The summed E-state index contributed by atoms with van der Waals surface area (Å²) in [7, 11) is 0. The molecule has 0 heterocycles. The quantitative estimate of drug-likeness (QED) is 0.753. The predicted molar refractivity (Wildman–Crippen MR) is 103 cm³/mol. The normalized spacial score (nSPS) is 11.2. The molecule has 0 bridgehead atoms. The van der Waals surface area contributed by atoms with Crippen molar-refractivity contribution in [1.82, 2.24) is 5.32 Å². The van der Waals surface area contributed by atoms with Gasteiger partial charge in [0.25, 0.3) is 0 Å². The van der Waals surface area contributed by atoms with Crippen LogP contribution in [0.2, 0.25) is 0 Å². The maximum absolute atomic E-state index is 12.1. The Kier molecular flexibility index (Phi) is 7.12. The lowest BCUT2D eigenvalue weighted by Gasteiger charge is -2.12. The minimum atomic E-state index is -0.289. The van der Waals surface area contributed by atoms with Gasteiger partial charge >= 0.3 is 0 Å². The molecule has 0 aliphatic rings. The Balaban J connectivity index is 1.74. The number of amides is 2. The van der Waals surface area contributed by atoms with Gasteiger partial charge in [-0.25, -0.2) is 0 Å². The maximum atomic E-state index is 12.1. The van der Waals surface area contributed by atoms with Crippen molar-refractivity contribution < 1.29 is 9.59 Å². The molecule has 0 saturated carbocycles. The van der Waals surface area contributed by atoms with Crippen LogP contribution in [0.1, 0.15) is 18.1 Å². The zero-order valence-corrected chi connectivity index (χ0v) is 14.8. The molecule has 4 nitrogen and oxygen atoms in total. The van der Waals surface area contributed by atoms with Crippen LogP contribution in [0.25, 0.3) is 0 Å². The predicted octanol–water partition coefficient (Wildman–Crippen LogP) is 3.04. The first-order valence-electron chi connectivity index (χ1n) is 7.88. The van der Waals surface area contributed by atoms with E-state index < -0.39 is 0 Å². The number of thioether (sulfide) groups is 1. The molecule has 5 heteroatoms. The number of benzene rings is 2. The second-order valence-corrected chi connectivity index (χ2v) is 6.76. The minimum absolute atomic E-state index is 0.0741. The van der Waals surface area contributed by atoms with Gasteiger partial charge in [0.2, 0.25) is 11.8 Å². The van der Waals surface area contributed by atoms with E-state index in [2.05, 4.69) is 16.6 Å². The van der Waals surface area contributed by atoms with Crippen LogP contribution in [0.3, 0.4) is 0 Å². The zero-order chi connectivity index (χ0) is 18.1. The van der Waals surface area contributed by atoms with Crippen molar-refractivity contribution in [3.05, 3.63) is 65.7 Å². The number of carbonyl (C=O) groups excluding carboxylic acids is 2. The summed E-state index contributed by atoms with van der Waals surface area (Å²) in [5.74, 6) is 2.81. The van der Waals surface area contributed by atoms with Gasteiger partial charge in [-0.2, -0.15) is 0 Å². The number of rotatable bonds is 7. The molecule has 2 amide bonds. The molecule has 1 atom stereocenters. The van der Waals surface area contributed by atoms with Crippen molar-refractivity contribution in [3.8, 4) is 12.3 Å². The average molecular weight is 352 g/mol. The first kappa shape index (κ1) is 18.6. The van der Waals surface area contributed by atoms with Gasteiger partial charge in [0.15, 0.2) is 0 Å². The summed E-state index contributed by atoms with van der Waals surface area (Å²) in [4.78, 5) is 24.0. The first-order chi connectivity index (χ1) is 12.1. The van der Waals surface area contributed by atoms with Gasteiger partial charge in [0, 0.05) is 17.0 Å². The van der Waals surface area contributed by atoms with Crippen LogP contribution in [0.5, 0.6) is 0 Å². The lowest BCUT2D eigenvalue weighted by molar-refractivity contribution is -0.123. The Labute approximate surface area is 152 Å². The molecule has 2 rings (SSSR count). The third-order valence-electron chi connectivity index (χ3n) is 3.45. The standard InChI is InChI=1S/C20H20N2O2S/c1-3-16-10-7-11-18(12-16)22-19(23)13-21-20(24)15(2)25-14-17-8-5-4-6-9-17/h1,4-12,15H,13-14H2,2H3,(H,21,24)(H,22,23)/t15-/m1/s1. The van der Waals surface area contributed by atoms with E-state index in [0.29, 0.717) is 11.3 Å². The number of terminal acetylenes is 1. The van der Waals surface area contributed by atoms with Gasteiger partial charge in [0.1, 0.15) is 0 Å². The Bertz CT molecular complexity index is 769. The summed E-state index contributed by atoms with van der Waals surface area (Å²) >= 11 is 1.53. The van der Waals surface area contributed by atoms with Crippen molar-refractivity contribution in [3.63, 3.8) is 0 Å². The van der Waals surface area contributed by atoms with E-state index >= 15 is 0 Å². The Hall–Kier alpha value is -2.71. The molecule has 2 aromatic rings. The molecule has 0 aliphatic heterocycles. The van der Waals surface area contributed by atoms with Crippen LogP contribution in [0.4, 0.5) is 5.69 Å². The lowest BCUT2D eigenvalue weighted by atomic mass is 10.2. The van der Waals surface area contributed by atoms with Crippen molar-refractivity contribution >= 4 is 29.3 Å². The number of hydrogen-bond acceptors (Lipinski definition) is 3. The zero-order valence-electron chi connectivity index (χ0n) is 14.0. The fourth-order valence-electron chi connectivity index (χ4n) is 2.07. The summed E-state index contributed by atoms with van der Waals surface area (Å²) in [5, 5.41) is 5.13. The molecule has 0 aromatic heterocycles. The number of anilines is 1. The highest BCUT2D eigenvalue weighted by Gasteiger charge is 2.14. The molecule has 0 radical (unpaired) electrons. The highest BCUT2D eigenvalue weighted by molar-refractivity contribution is 7.99. The van der Waals surface area contributed by atoms with E-state index in [1.165, 1.54) is 17.3 Å². The number of carbonyl (C=O) groups is 2. The first-order valence-corrected chi connectivity index (χ1v) is 8.93. The van der Waals surface area contributed by atoms with Crippen LogP contribution in [-0.2, 0) is 15.3 Å². The molecule has 0 saturated heterocycles. The third kappa shape index (κ3) is 6.36. The molecule has 0 unspecified atom stereocenters. The summed E-state index contributed by atoms with van der Waals surface area (Å²) < 4.78 is 0. The lowest BCUT2D eigenvalue weighted by Crippen LogP contribution is -2.37. The van der Waals surface area contributed by atoms with Gasteiger partial charge in [-0.1, -0.05) is 42.3 Å². The fraction of sp³-hybridized carbons (Fsp3) is 0.200. The van der Waals surface area contributed by atoms with Crippen molar-refractivity contribution in [2.24, 2.45) is 0 Å². The largest absolute Gasteiger partial charge is 0.346 e. The molecular formula is C20H20N2O2S. The average Bonchev–Trinajstić information content (AvgIpc) is 2.65. The summed E-state index contributed by atoms with van der Waals surface area (Å²) in [6.45, 7) is 1.76. The molecule has 0 spiro atoms. The van der Waals surface area contributed by atoms with E-state index in [-0.39, 0.29) is 23.6 Å². The van der Waals surface area contributed by atoms with Crippen molar-refractivity contribution in [1.29, 1.82) is 0 Å². The van der Waals surface area contributed by atoms with Crippen LogP contribution >= 0.6 is 11.8 Å². The van der Waals surface area contributed by atoms with Gasteiger partial charge < -0.3 is 10.6 Å². The molecule has 0 aliphatic carbocycles. The third-order valence-corrected chi connectivity index (χ3v) is 4.66. The Morgan fingerprint density at radius 3 is 2.64 bits per heavy atom. The smallest absolute Gasteiger partial charge is 0.243 e. The van der Waals surface area contributed by atoms with Crippen LogP contribution in [0.15, 0.2) is 54.6 Å². The SMILES string of the molecule is C#Cc1cccc(NC(=O)CNC(=O)[C@@H](C)SCc2ccccc2)c1. The summed E-state index contributed by atoms with van der Waals surface area (Å²) in [5.41, 5.74) is 2.47. The number of hydrogen-bond donors (Lipinski definition) is 2. The second-order valence-electron chi connectivity index (χ2n) is 5.43. The highest BCUT2D eigenvalue weighted by Crippen LogP contribution is 2.17. The molecule has 25 heavy (non-hydrogen) atoms. The molecule has 2 N–H and O–H groups in total. The van der Waals surface area contributed by atoms with E-state index in [1.807, 2.05) is 37.3 Å². The summed E-state index contributed by atoms with van der Waals surface area (Å²) in [6.07, 6.45) is 5.33. The van der Waals surface area contributed by atoms with Crippen molar-refractivity contribution in [2.45, 2.75) is 17.9 Å². The highest BCUT2D eigenvalue weighted by atomic mass is 32.2. The Morgan fingerprint density at radius 2 is 1.92 bits per heavy atom. The summed E-state index contributed by atoms with van der Waals surface area (Å²) in [6, 6.07) is 17.0. The van der Waals surface area contributed by atoms with Gasteiger partial charge in [-0.05, 0) is 30.7 Å². The van der Waals surface area contributed by atoms with Gasteiger partial charge in [-0.3, -0.25) is 9.59 Å². The second kappa shape index (κ2) is 9.55. The molecule has 0 fully saturated rings. The van der Waals surface area contributed by atoms with Gasteiger partial charge in [-0.15, -0.1) is 18.2 Å². The maximum Gasteiger partial charge on any atom is 0.243 e.